The van der Waals surface area contributed by atoms with E-state index in [4.69, 9.17) is 0 Å². The molecule has 0 aliphatic heterocycles. The fraction of sp³-hybridized carbons (Fsp3) is 0.750. The SMILES string of the molecule is CCCCCCCCCCc1c[nH]cc1CC. The van der Waals surface area contributed by atoms with Crippen molar-refractivity contribution in [2.75, 3.05) is 0 Å². The van der Waals surface area contributed by atoms with Gasteiger partial charge in [0.25, 0.3) is 0 Å². The summed E-state index contributed by atoms with van der Waals surface area (Å²) in [5, 5.41) is 0. The maximum Gasteiger partial charge on any atom is 0.00401 e. The van der Waals surface area contributed by atoms with Gasteiger partial charge in [-0.15, -0.1) is 0 Å². The molecule has 1 aromatic heterocycles. The summed E-state index contributed by atoms with van der Waals surface area (Å²) in [7, 11) is 0. The minimum Gasteiger partial charge on any atom is -0.367 e. The van der Waals surface area contributed by atoms with Crippen molar-refractivity contribution in [3.63, 3.8) is 0 Å². The Balaban J connectivity index is 1.97. The molecule has 0 atom stereocenters. The molecule has 0 unspecified atom stereocenters. The molecule has 0 spiro atoms. The number of nitrogens with one attached hydrogen (secondary N) is 1. The molecule has 0 amide bonds. The van der Waals surface area contributed by atoms with Gasteiger partial charge >= 0.3 is 0 Å². The summed E-state index contributed by atoms with van der Waals surface area (Å²) in [5.41, 5.74) is 3.05. The first-order chi connectivity index (χ1) is 8.38. The zero-order chi connectivity index (χ0) is 12.3. The van der Waals surface area contributed by atoms with E-state index in [0.717, 1.165) is 6.42 Å². The summed E-state index contributed by atoms with van der Waals surface area (Å²) in [4.78, 5) is 3.22. The van der Waals surface area contributed by atoms with E-state index in [2.05, 4.69) is 31.2 Å². The summed E-state index contributed by atoms with van der Waals surface area (Å²) in [5.74, 6) is 0. The van der Waals surface area contributed by atoms with Crippen molar-refractivity contribution < 1.29 is 0 Å². The molecule has 1 aromatic rings. The standard InChI is InChI=1S/C16H29N/c1-3-5-6-7-8-9-10-11-12-16-14-17-13-15(16)4-2/h13-14,17H,3-12H2,1-2H3. The van der Waals surface area contributed by atoms with Crippen LogP contribution < -0.4 is 0 Å². The second-order valence-electron chi connectivity index (χ2n) is 5.08. The van der Waals surface area contributed by atoms with Gasteiger partial charge in [-0.3, -0.25) is 0 Å². The second-order valence-corrected chi connectivity index (χ2v) is 5.08. The third-order valence-corrected chi connectivity index (χ3v) is 3.61. The number of aromatic amines is 1. The average Bonchev–Trinajstić information content (AvgIpc) is 2.80. The van der Waals surface area contributed by atoms with E-state index in [1.165, 1.54) is 63.4 Å². The Morgan fingerprint density at radius 2 is 1.35 bits per heavy atom. The first-order valence-corrected chi connectivity index (χ1v) is 7.53. The summed E-state index contributed by atoms with van der Waals surface area (Å²) in [6.07, 6.45) is 18.0. The van der Waals surface area contributed by atoms with E-state index in [9.17, 15) is 0 Å². The van der Waals surface area contributed by atoms with E-state index in [0.29, 0.717) is 0 Å². The van der Waals surface area contributed by atoms with Crippen LogP contribution >= 0.6 is 0 Å². The molecule has 0 aromatic carbocycles. The number of rotatable bonds is 10. The first-order valence-electron chi connectivity index (χ1n) is 7.53. The lowest BCUT2D eigenvalue weighted by Gasteiger charge is -2.02. The summed E-state index contributed by atoms with van der Waals surface area (Å²) < 4.78 is 0. The highest BCUT2D eigenvalue weighted by Gasteiger charge is 2.00. The lowest BCUT2D eigenvalue weighted by atomic mass is 10.0. The van der Waals surface area contributed by atoms with E-state index in [1.807, 2.05) is 0 Å². The Kier molecular flexibility index (Phi) is 7.87. The molecule has 0 saturated carbocycles. The van der Waals surface area contributed by atoms with Crippen LogP contribution in [0.4, 0.5) is 0 Å². The normalized spacial score (nSPS) is 10.9. The number of unbranched alkanes of at least 4 members (excludes halogenated alkanes) is 7. The monoisotopic (exact) mass is 235 g/mol. The zero-order valence-corrected chi connectivity index (χ0v) is 11.7. The van der Waals surface area contributed by atoms with Gasteiger partial charge in [-0.1, -0.05) is 58.8 Å². The average molecular weight is 235 g/mol. The maximum absolute atomic E-state index is 3.22. The molecule has 0 radical (unpaired) electrons. The topological polar surface area (TPSA) is 15.8 Å². The predicted molar refractivity (Wildman–Crippen MR) is 76.5 cm³/mol. The molecule has 0 aliphatic carbocycles. The van der Waals surface area contributed by atoms with Crippen molar-refractivity contribution in [3.8, 4) is 0 Å². The van der Waals surface area contributed by atoms with Crippen LogP contribution in [0.5, 0.6) is 0 Å². The molecule has 1 N–H and O–H groups in total. The van der Waals surface area contributed by atoms with Gasteiger partial charge in [-0.2, -0.15) is 0 Å². The molecule has 0 bridgehead atoms. The van der Waals surface area contributed by atoms with Gasteiger partial charge in [0.1, 0.15) is 0 Å². The van der Waals surface area contributed by atoms with Crippen molar-refractivity contribution in [1.29, 1.82) is 0 Å². The molecular formula is C16H29N. The Hall–Kier alpha value is -0.720. The predicted octanol–water partition coefficient (Wildman–Crippen LogP) is 5.26. The Bertz CT molecular complexity index is 275. The van der Waals surface area contributed by atoms with Crippen LogP contribution in [0.2, 0.25) is 0 Å². The van der Waals surface area contributed by atoms with Crippen LogP contribution in [0.15, 0.2) is 12.4 Å². The van der Waals surface area contributed by atoms with Crippen molar-refractivity contribution >= 4 is 0 Å². The molecular weight excluding hydrogens is 206 g/mol. The van der Waals surface area contributed by atoms with Gasteiger partial charge in [-0.05, 0) is 30.4 Å². The van der Waals surface area contributed by atoms with E-state index >= 15 is 0 Å². The van der Waals surface area contributed by atoms with Gasteiger partial charge in [0.2, 0.25) is 0 Å². The molecule has 1 nitrogen and oxygen atoms in total. The summed E-state index contributed by atoms with van der Waals surface area (Å²) in [6.45, 7) is 4.52. The zero-order valence-electron chi connectivity index (χ0n) is 11.7. The molecule has 1 heterocycles. The fourth-order valence-electron chi connectivity index (χ4n) is 2.44. The Morgan fingerprint density at radius 3 is 2.00 bits per heavy atom. The van der Waals surface area contributed by atoms with Crippen LogP contribution in [-0.2, 0) is 12.8 Å². The van der Waals surface area contributed by atoms with Crippen molar-refractivity contribution in [2.24, 2.45) is 0 Å². The van der Waals surface area contributed by atoms with Gasteiger partial charge in [-0.25, -0.2) is 0 Å². The number of hydrogen-bond donors (Lipinski definition) is 1. The van der Waals surface area contributed by atoms with Crippen LogP contribution in [-0.4, -0.2) is 4.98 Å². The van der Waals surface area contributed by atoms with Gasteiger partial charge in [0.05, 0.1) is 0 Å². The van der Waals surface area contributed by atoms with E-state index in [1.54, 1.807) is 5.56 Å². The molecule has 17 heavy (non-hydrogen) atoms. The van der Waals surface area contributed by atoms with E-state index in [-0.39, 0.29) is 0 Å². The first kappa shape index (κ1) is 14.3. The highest BCUT2D eigenvalue weighted by Crippen LogP contribution is 2.14. The lowest BCUT2D eigenvalue weighted by Crippen LogP contribution is -1.89. The van der Waals surface area contributed by atoms with Crippen LogP contribution in [0.1, 0.15) is 76.3 Å². The lowest BCUT2D eigenvalue weighted by molar-refractivity contribution is 0.575. The van der Waals surface area contributed by atoms with Gasteiger partial charge in [0.15, 0.2) is 0 Å². The number of aromatic nitrogens is 1. The van der Waals surface area contributed by atoms with Crippen molar-refractivity contribution in [2.45, 2.75) is 78.1 Å². The van der Waals surface area contributed by atoms with Crippen LogP contribution in [0.3, 0.4) is 0 Å². The highest BCUT2D eigenvalue weighted by molar-refractivity contribution is 5.23. The minimum atomic E-state index is 1.16. The van der Waals surface area contributed by atoms with Gasteiger partial charge in [0, 0.05) is 12.4 Å². The number of H-pyrrole nitrogens is 1. The fourth-order valence-corrected chi connectivity index (χ4v) is 2.44. The smallest absolute Gasteiger partial charge is 0.00401 e. The number of hydrogen-bond acceptors (Lipinski definition) is 0. The third-order valence-electron chi connectivity index (χ3n) is 3.61. The van der Waals surface area contributed by atoms with Crippen LogP contribution in [0, 0.1) is 0 Å². The minimum absolute atomic E-state index is 1.16. The highest BCUT2D eigenvalue weighted by atomic mass is 14.6. The van der Waals surface area contributed by atoms with E-state index < -0.39 is 0 Å². The Morgan fingerprint density at radius 1 is 0.765 bits per heavy atom. The van der Waals surface area contributed by atoms with Crippen molar-refractivity contribution in [3.05, 3.63) is 23.5 Å². The quantitative estimate of drug-likeness (QED) is 0.532. The van der Waals surface area contributed by atoms with Gasteiger partial charge < -0.3 is 4.98 Å². The largest absolute Gasteiger partial charge is 0.367 e. The molecule has 0 saturated heterocycles. The Labute approximate surface area is 107 Å². The molecule has 98 valence electrons. The maximum atomic E-state index is 3.22. The summed E-state index contributed by atoms with van der Waals surface area (Å²) >= 11 is 0. The number of aryl methyl sites for hydroxylation is 2. The molecule has 1 rings (SSSR count). The van der Waals surface area contributed by atoms with Crippen LogP contribution in [0.25, 0.3) is 0 Å². The molecule has 1 heteroatoms. The molecule has 0 fully saturated rings. The second kappa shape index (κ2) is 9.32. The third kappa shape index (κ3) is 5.95. The van der Waals surface area contributed by atoms with Crippen molar-refractivity contribution in [1.82, 2.24) is 4.98 Å². The summed E-state index contributed by atoms with van der Waals surface area (Å²) in [6, 6.07) is 0. The molecule has 0 aliphatic rings.